The summed E-state index contributed by atoms with van der Waals surface area (Å²) in [6.07, 6.45) is 1.78. The summed E-state index contributed by atoms with van der Waals surface area (Å²) in [5, 5.41) is 31.0. The van der Waals surface area contributed by atoms with Gasteiger partial charge in [-0.05, 0) is 50.3 Å². The molecule has 2 aromatic rings. The number of carboxylic acid groups (broad SMARTS) is 1. The molecule has 2 aliphatic rings. The van der Waals surface area contributed by atoms with Crippen molar-refractivity contribution in [3.8, 4) is 6.07 Å². The Balaban J connectivity index is 1.55. The van der Waals surface area contributed by atoms with Crippen LogP contribution in [0, 0.1) is 27.4 Å². The van der Waals surface area contributed by atoms with Crippen LogP contribution in [-0.4, -0.2) is 45.4 Å². The molecule has 2 atom stereocenters. The van der Waals surface area contributed by atoms with Crippen LogP contribution < -0.4 is 4.90 Å². The predicted octanol–water partition coefficient (Wildman–Crippen LogP) is 4.54. The third kappa shape index (κ3) is 4.42. The Morgan fingerprint density at radius 3 is 2.49 bits per heavy atom. The van der Waals surface area contributed by atoms with Gasteiger partial charge >= 0.3 is 5.97 Å². The molecule has 9 nitrogen and oxygen atoms in total. The van der Waals surface area contributed by atoms with Crippen LogP contribution in [-0.2, 0) is 9.59 Å². The molecule has 0 aliphatic carbocycles. The number of amides is 1. The fraction of sp³-hybridized carbons (Fsp3) is 0.400. The maximum Gasteiger partial charge on any atom is 0.329 e. The van der Waals surface area contributed by atoms with E-state index >= 15 is 0 Å². The number of aliphatic carboxylic acids is 1. The van der Waals surface area contributed by atoms with Crippen molar-refractivity contribution in [3.63, 3.8) is 0 Å². The lowest BCUT2D eigenvalue weighted by molar-refractivity contribution is -0.384. The smallest absolute Gasteiger partial charge is 0.329 e. The second-order valence-electron chi connectivity index (χ2n) is 9.19. The molecule has 0 aromatic heterocycles. The molecule has 2 aliphatic heterocycles. The van der Waals surface area contributed by atoms with Crippen molar-refractivity contribution in [2.24, 2.45) is 5.92 Å². The quantitative estimate of drug-likeness (QED) is 0.475. The zero-order chi connectivity index (χ0) is 25.3. The van der Waals surface area contributed by atoms with Gasteiger partial charge in [0.05, 0.1) is 22.2 Å². The molecule has 2 fully saturated rings. The third-order valence-corrected chi connectivity index (χ3v) is 7.55. The number of carboxylic acids is 1. The lowest BCUT2D eigenvalue weighted by Gasteiger charge is -2.40. The van der Waals surface area contributed by atoms with Gasteiger partial charge in [-0.15, -0.1) is 0 Å². The Labute approximate surface area is 207 Å². The Hall–Kier alpha value is -3.64. The number of anilines is 1. The zero-order valence-corrected chi connectivity index (χ0v) is 19.9. The number of hydrogen-bond acceptors (Lipinski definition) is 6. The normalized spacial score (nSPS) is 22.6. The van der Waals surface area contributed by atoms with E-state index in [4.69, 9.17) is 11.6 Å². The lowest BCUT2D eigenvalue weighted by atomic mass is 9.91. The van der Waals surface area contributed by atoms with Crippen molar-refractivity contribution in [1.29, 1.82) is 5.26 Å². The SMILES string of the molecule is C[C@@]1(C(=O)O)CC[C@H](c2ccccc2Cl)N1C(=O)C1CCN(c2ccc([N+](=O)[O-])cc2C#N)CC1. The van der Waals surface area contributed by atoms with E-state index in [1.165, 1.54) is 17.0 Å². The van der Waals surface area contributed by atoms with Gasteiger partial charge in [0.2, 0.25) is 5.91 Å². The summed E-state index contributed by atoms with van der Waals surface area (Å²) in [6.45, 7) is 2.53. The van der Waals surface area contributed by atoms with E-state index in [2.05, 4.69) is 0 Å². The van der Waals surface area contributed by atoms with Gasteiger partial charge in [0.25, 0.3) is 5.69 Å². The highest BCUT2D eigenvalue weighted by atomic mass is 35.5. The fourth-order valence-electron chi connectivity index (χ4n) is 5.22. The van der Waals surface area contributed by atoms with E-state index in [0.717, 1.165) is 5.56 Å². The number of piperidine rings is 1. The van der Waals surface area contributed by atoms with E-state index in [-0.39, 0.29) is 23.1 Å². The van der Waals surface area contributed by atoms with Gasteiger partial charge in [-0.25, -0.2) is 4.79 Å². The fourth-order valence-corrected chi connectivity index (χ4v) is 5.49. The van der Waals surface area contributed by atoms with Crippen molar-refractivity contribution >= 4 is 34.9 Å². The number of nitriles is 1. The summed E-state index contributed by atoms with van der Waals surface area (Å²) < 4.78 is 0. The van der Waals surface area contributed by atoms with Crippen LogP contribution in [0.1, 0.15) is 49.8 Å². The number of rotatable bonds is 5. The largest absolute Gasteiger partial charge is 0.480 e. The molecule has 4 rings (SSSR count). The van der Waals surface area contributed by atoms with Crippen LogP contribution in [0.15, 0.2) is 42.5 Å². The number of likely N-dealkylation sites (tertiary alicyclic amines) is 1. The van der Waals surface area contributed by atoms with Crippen LogP contribution in [0.3, 0.4) is 0 Å². The molecule has 1 amide bonds. The Kier molecular flexibility index (Phi) is 6.68. The van der Waals surface area contributed by atoms with E-state index in [0.29, 0.717) is 49.5 Å². The first-order chi connectivity index (χ1) is 16.7. The average molecular weight is 497 g/mol. The molecule has 2 heterocycles. The monoisotopic (exact) mass is 496 g/mol. The number of carbonyl (C=O) groups is 2. The highest BCUT2D eigenvalue weighted by Gasteiger charge is 2.52. The minimum absolute atomic E-state index is 0.150. The molecule has 10 heteroatoms. The van der Waals surface area contributed by atoms with Crippen LogP contribution >= 0.6 is 11.6 Å². The van der Waals surface area contributed by atoms with Crippen molar-refractivity contribution in [2.75, 3.05) is 18.0 Å². The molecule has 35 heavy (non-hydrogen) atoms. The lowest BCUT2D eigenvalue weighted by Crippen LogP contribution is -2.54. The molecular formula is C25H25ClN4O5. The number of hydrogen-bond donors (Lipinski definition) is 1. The van der Waals surface area contributed by atoms with E-state index in [9.17, 15) is 30.1 Å². The molecule has 0 unspecified atom stereocenters. The number of non-ortho nitro benzene ring substituents is 1. The van der Waals surface area contributed by atoms with Gasteiger partial charge in [-0.3, -0.25) is 14.9 Å². The molecular weight excluding hydrogens is 472 g/mol. The molecule has 0 radical (unpaired) electrons. The molecule has 0 bridgehead atoms. The summed E-state index contributed by atoms with van der Waals surface area (Å²) in [4.78, 5) is 40.0. The van der Waals surface area contributed by atoms with Gasteiger partial charge in [-0.2, -0.15) is 5.26 Å². The van der Waals surface area contributed by atoms with E-state index in [1.807, 2.05) is 23.1 Å². The number of benzene rings is 2. The van der Waals surface area contributed by atoms with Crippen molar-refractivity contribution in [2.45, 2.75) is 44.2 Å². The summed E-state index contributed by atoms with van der Waals surface area (Å²) >= 11 is 6.42. The number of halogens is 1. The van der Waals surface area contributed by atoms with Gasteiger partial charge in [-0.1, -0.05) is 29.8 Å². The van der Waals surface area contributed by atoms with Crippen LogP contribution in [0.5, 0.6) is 0 Å². The first kappa shape index (κ1) is 24.5. The molecule has 182 valence electrons. The second-order valence-corrected chi connectivity index (χ2v) is 9.60. The molecule has 2 aromatic carbocycles. The minimum Gasteiger partial charge on any atom is -0.480 e. The van der Waals surface area contributed by atoms with Crippen molar-refractivity contribution in [3.05, 3.63) is 68.7 Å². The summed E-state index contributed by atoms with van der Waals surface area (Å²) in [5.41, 5.74) is 0.0670. The highest BCUT2D eigenvalue weighted by Crippen LogP contribution is 2.46. The third-order valence-electron chi connectivity index (χ3n) is 7.21. The predicted molar refractivity (Wildman–Crippen MR) is 129 cm³/mol. The number of carbonyl (C=O) groups excluding carboxylic acids is 1. The maximum atomic E-state index is 13.8. The average Bonchev–Trinajstić information content (AvgIpc) is 3.21. The van der Waals surface area contributed by atoms with E-state index in [1.54, 1.807) is 25.1 Å². The summed E-state index contributed by atoms with van der Waals surface area (Å²) in [5.74, 6) is -1.62. The first-order valence-electron chi connectivity index (χ1n) is 11.4. The molecule has 1 N–H and O–H groups in total. The van der Waals surface area contributed by atoms with Crippen molar-refractivity contribution in [1.82, 2.24) is 4.90 Å². The topological polar surface area (TPSA) is 128 Å². The van der Waals surface area contributed by atoms with Crippen LogP contribution in [0.2, 0.25) is 5.02 Å². The van der Waals surface area contributed by atoms with Crippen molar-refractivity contribution < 1.29 is 19.6 Å². The minimum atomic E-state index is -1.33. The number of nitro benzene ring substituents is 1. The number of nitrogens with zero attached hydrogens (tertiary/aromatic N) is 4. The van der Waals surface area contributed by atoms with Gasteiger partial charge in [0, 0.05) is 36.2 Å². The van der Waals surface area contributed by atoms with Gasteiger partial charge < -0.3 is 14.9 Å². The van der Waals surface area contributed by atoms with Crippen LogP contribution in [0.25, 0.3) is 0 Å². The Bertz CT molecular complexity index is 1220. The standard InChI is InChI=1S/C25H25ClN4O5/c1-25(24(32)33)11-8-22(19-4-2-3-5-20(19)26)29(25)23(31)16-9-12-28(13-10-16)21-7-6-18(30(34)35)14-17(21)15-27/h2-7,14,16,22H,8-13H2,1H3,(H,32,33)/t22-,25+/m1/s1. The summed E-state index contributed by atoms with van der Waals surface area (Å²) in [7, 11) is 0. The van der Waals surface area contributed by atoms with E-state index < -0.39 is 22.5 Å². The highest BCUT2D eigenvalue weighted by molar-refractivity contribution is 6.31. The van der Waals surface area contributed by atoms with Gasteiger partial charge in [0.15, 0.2) is 0 Å². The first-order valence-corrected chi connectivity index (χ1v) is 11.8. The molecule has 0 spiro atoms. The molecule has 2 saturated heterocycles. The second kappa shape index (κ2) is 9.55. The summed E-state index contributed by atoms with van der Waals surface area (Å²) in [6, 6.07) is 13.0. The molecule has 0 saturated carbocycles. The Morgan fingerprint density at radius 2 is 1.89 bits per heavy atom. The van der Waals surface area contributed by atoms with Crippen LogP contribution in [0.4, 0.5) is 11.4 Å². The zero-order valence-electron chi connectivity index (χ0n) is 19.2. The number of nitro groups is 1. The Morgan fingerprint density at radius 1 is 1.20 bits per heavy atom. The van der Waals surface area contributed by atoms with Gasteiger partial charge in [0.1, 0.15) is 11.6 Å². The maximum absolute atomic E-state index is 13.8.